The Bertz CT molecular complexity index is 816. The second-order valence-corrected chi connectivity index (χ2v) is 6.45. The zero-order valence-electron chi connectivity index (χ0n) is 14.3. The van der Waals surface area contributed by atoms with Crippen LogP contribution in [-0.2, 0) is 11.3 Å². The predicted octanol–water partition coefficient (Wildman–Crippen LogP) is 3.23. The molecule has 0 aliphatic carbocycles. The third kappa shape index (κ3) is 3.81. The Morgan fingerprint density at radius 3 is 2.80 bits per heavy atom. The molecule has 4 heteroatoms. The Morgan fingerprint density at radius 1 is 1.04 bits per heavy atom. The van der Waals surface area contributed by atoms with Gasteiger partial charge >= 0.3 is 0 Å². The first-order chi connectivity index (χ1) is 12.4. The maximum atomic E-state index is 5.93. The lowest BCUT2D eigenvalue weighted by atomic mass is 10.1. The first kappa shape index (κ1) is 16.1. The quantitative estimate of drug-likeness (QED) is 0.778. The summed E-state index contributed by atoms with van der Waals surface area (Å²) in [7, 11) is 0. The zero-order valence-corrected chi connectivity index (χ0v) is 14.3. The minimum Gasteiger partial charge on any atom is -0.375 e. The van der Waals surface area contributed by atoms with Gasteiger partial charge < -0.3 is 15.0 Å². The third-order valence-electron chi connectivity index (χ3n) is 4.65. The number of nitrogens with zero attached hydrogens (tertiary/aromatic N) is 2. The standard InChI is InChI=1S/C21H23N3O/c1-2-6-17(7-3-1)15-25-16-18-14-24(13-12-22-18)21-10-11-23-20-9-5-4-8-19(20)21/h1-11,18,22H,12-16H2. The maximum Gasteiger partial charge on any atom is 0.0722 e. The fourth-order valence-corrected chi connectivity index (χ4v) is 3.41. The van der Waals surface area contributed by atoms with Crippen molar-refractivity contribution < 1.29 is 4.74 Å². The minimum absolute atomic E-state index is 0.337. The topological polar surface area (TPSA) is 37.4 Å². The van der Waals surface area contributed by atoms with E-state index in [0.29, 0.717) is 19.3 Å². The Balaban J connectivity index is 1.40. The number of aromatic nitrogens is 1. The highest BCUT2D eigenvalue weighted by Crippen LogP contribution is 2.25. The largest absolute Gasteiger partial charge is 0.375 e. The normalized spacial score (nSPS) is 17.8. The highest BCUT2D eigenvalue weighted by molar-refractivity contribution is 5.91. The Kier molecular flexibility index (Phi) is 4.91. The van der Waals surface area contributed by atoms with Crippen molar-refractivity contribution in [3.05, 3.63) is 72.4 Å². The van der Waals surface area contributed by atoms with Gasteiger partial charge in [0.1, 0.15) is 0 Å². The number of rotatable bonds is 5. The molecular weight excluding hydrogens is 310 g/mol. The molecule has 1 aliphatic rings. The zero-order chi connectivity index (χ0) is 16.9. The van der Waals surface area contributed by atoms with Gasteiger partial charge in [-0.3, -0.25) is 4.98 Å². The highest BCUT2D eigenvalue weighted by Gasteiger charge is 2.21. The number of hydrogen-bond acceptors (Lipinski definition) is 4. The number of nitrogens with one attached hydrogen (secondary N) is 1. The fraction of sp³-hybridized carbons (Fsp3) is 0.286. The third-order valence-corrected chi connectivity index (χ3v) is 4.65. The van der Waals surface area contributed by atoms with E-state index in [1.54, 1.807) is 0 Å². The highest BCUT2D eigenvalue weighted by atomic mass is 16.5. The molecular formula is C21H23N3O. The van der Waals surface area contributed by atoms with Crippen LogP contribution in [0, 0.1) is 0 Å². The van der Waals surface area contributed by atoms with Crippen LogP contribution in [-0.4, -0.2) is 37.3 Å². The number of para-hydroxylation sites is 1. The Hall–Kier alpha value is -2.43. The van der Waals surface area contributed by atoms with E-state index in [0.717, 1.165) is 25.2 Å². The molecule has 128 valence electrons. The first-order valence-corrected chi connectivity index (χ1v) is 8.84. The summed E-state index contributed by atoms with van der Waals surface area (Å²) < 4.78 is 5.93. The van der Waals surface area contributed by atoms with Crippen molar-refractivity contribution in [2.75, 3.05) is 31.1 Å². The van der Waals surface area contributed by atoms with Gasteiger partial charge in [-0.15, -0.1) is 0 Å². The van der Waals surface area contributed by atoms with Crippen LogP contribution >= 0.6 is 0 Å². The summed E-state index contributed by atoms with van der Waals surface area (Å²) in [6.45, 7) is 4.30. The van der Waals surface area contributed by atoms with Gasteiger partial charge in [0.15, 0.2) is 0 Å². The number of pyridine rings is 1. The molecule has 2 aromatic carbocycles. The van der Waals surface area contributed by atoms with Crippen molar-refractivity contribution in [1.29, 1.82) is 0 Å². The number of piperazine rings is 1. The van der Waals surface area contributed by atoms with Crippen molar-refractivity contribution in [2.24, 2.45) is 0 Å². The average Bonchev–Trinajstić information content (AvgIpc) is 2.69. The van der Waals surface area contributed by atoms with Crippen LogP contribution in [0.1, 0.15) is 5.56 Å². The van der Waals surface area contributed by atoms with Crippen LogP contribution in [0.15, 0.2) is 66.9 Å². The van der Waals surface area contributed by atoms with Crippen LogP contribution in [0.3, 0.4) is 0 Å². The van der Waals surface area contributed by atoms with E-state index in [-0.39, 0.29) is 0 Å². The van der Waals surface area contributed by atoms with Gasteiger partial charge in [-0.1, -0.05) is 48.5 Å². The van der Waals surface area contributed by atoms with Crippen molar-refractivity contribution in [2.45, 2.75) is 12.6 Å². The van der Waals surface area contributed by atoms with Gasteiger partial charge in [0.25, 0.3) is 0 Å². The second-order valence-electron chi connectivity index (χ2n) is 6.45. The number of hydrogen-bond donors (Lipinski definition) is 1. The summed E-state index contributed by atoms with van der Waals surface area (Å²) in [6, 6.07) is 21.1. The number of anilines is 1. The molecule has 1 N–H and O–H groups in total. The molecule has 1 fully saturated rings. The molecule has 0 bridgehead atoms. The molecule has 4 rings (SSSR count). The molecule has 0 spiro atoms. The summed E-state index contributed by atoms with van der Waals surface area (Å²) >= 11 is 0. The van der Waals surface area contributed by atoms with Crippen LogP contribution < -0.4 is 10.2 Å². The summed E-state index contributed by atoms with van der Waals surface area (Å²) in [5.74, 6) is 0. The van der Waals surface area contributed by atoms with Crippen LogP contribution in [0.4, 0.5) is 5.69 Å². The van der Waals surface area contributed by atoms with Crippen molar-refractivity contribution in [1.82, 2.24) is 10.3 Å². The molecule has 1 unspecified atom stereocenters. The van der Waals surface area contributed by atoms with Crippen LogP contribution in [0.25, 0.3) is 10.9 Å². The predicted molar refractivity (Wildman–Crippen MR) is 102 cm³/mol. The van der Waals surface area contributed by atoms with E-state index in [2.05, 4.69) is 51.6 Å². The molecule has 3 aromatic rings. The molecule has 1 aliphatic heterocycles. The lowest BCUT2D eigenvalue weighted by Gasteiger charge is -2.35. The molecule has 0 amide bonds. The number of benzene rings is 2. The average molecular weight is 333 g/mol. The lowest BCUT2D eigenvalue weighted by Crippen LogP contribution is -2.52. The summed E-state index contributed by atoms with van der Waals surface area (Å²) in [5, 5.41) is 4.79. The van der Waals surface area contributed by atoms with Gasteiger partial charge in [0.2, 0.25) is 0 Å². The summed E-state index contributed by atoms with van der Waals surface area (Å²) in [6.07, 6.45) is 1.90. The van der Waals surface area contributed by atoms with Gasteiger partial charge in [0, 0.05) is 42.9 Å². The fourth-order valence-electron chi connectivity index (χ4n) is 3.41. The first-order valence-electron chi connectivity index (χ1n) is 8.84. The van der Waals surface area contributed by atoms with E-state index in [1.165, 1.54) is 16.6 Å². The molecule has 0 radical (unpaired) electrons. The van der Waals surface area contributed by atoms with E-state index in [9.17, 15) is 0 Å². The van der Waals surface area contributed by atoms with E-state index in [1.807, 2.05) is 30.5 Å². The maximum absolute atomic E-state index is 5.93. The van der Waals surface area contributed by atoms with Crippen molar-refractivity contribution in [3.8, 4) is 0 Å². The summed E-state index contributed by atoms with van der Waals surface area (Å²) in [5.41, 5.74) is 3.53. The van der Waals surface area contributed by atoms with Crippen LogP contribution in [0.2, 0.25) is 0 Å². The van der Waals surface area contributed by atoms with Crippen LogP contribution in [0.5, 0.6) is 0 Å². The molecule has 2 heterocycles. The van der Waals surface area contributed by atoms with Crippen molar-refractivity contribution in [3.63, 3.8) is 0 Å². The van der Waals surface area contributed by atoms with E-state index >= 15 is 0 Å². The number of fused-ring (bicyclic) bond motifs is 1. The Labute approximate surface area is 148 Å². The molecule has 1 saturated heterocycles. The van der Waals surface area contributed by atoms with E-state index in [4.69, 9.17) is 4.74 Å². The van der Waals surface area contributed by atoms with E-state index < -0.39 is 0 Å². The molecule has 1 atom stereocenters. The van der Waals surface area contributed by atoms with Gasteiger partial charge in [-0.05, 0) is 17.7 Å². The molecule has 25 heavy (non-hydrogen) atoms. The lowest BCUT2D eigenvalue weighted by molar-refractivity contribution is 0.0972. The minimum atomic E-state index is 0.337. The molecule has 1 aromatic heterocycles. The SMILES string of the molecule is c1ccc(COCC2CN(c3ccnc4ccccc34)CCN2)cc1. The second kappa shape index (κ2) is 7.64. The van der Waals surface area contributed by atoms with Gasteiger partial charge in [0.05, 0.1) is 18.7 Å². The monoisotopic (exact) mass is 333 g/mol. The molecule has 0 saturated carbocycles. The smallest absolute Gasteiger partial charge is 0.0722 e. The molecule has 4 nitrogen and oxygen atoms in total. The van der Waals surface area contributed by atoms with Gasteiger partial charge in [-0.2, -0.15) is 0 Å². The summed E-state index contributed by atoms with van der Waals surface area (Å²) in [4.78, 5) is 6.91. The van der Waals surface area contributed by atoms with Gasteiger partial charge in [-0.25, -0.2) is 0 Å². The Morgan fingerprint density at radius 2 is 1.88 bits per heavy atom. The number of ether oxygens (including phenoxy) is 1. The van der Waals surface area contributed by atoms with Crippen molar-refractivity contribution >= 4 is 16.6 Å².